The smallest absolute Gasteiger partial charge is 0.128 e. The van der Waals surface area contributed by atoms with Gasteiger partial charge in [-0.3, -0.25) is 4.98 Å². The number of ether oxygens (including phenoxy) is 1. The summed E-state index contributed by atoms with van der Waals surface area (Å²) in [5.74, 6) is 0.854. The molecule has 132 valence electrons. The number of benzene rings is 2. The first-order valence-corrected chi connectivity index (χ1v) is 10.2. The molecule has 0 aliphatic rings. The van der Waals surface area contributed by atoms with Crippen molar-refractivity contribution in [1.82, 2.24) is 10.3 Å². The molecule has 3 nitrogen and oxygen atoms in total. The molecule has 1 N–H and O–H groups in total. The van der Waals surface area contributed by atoms with Crippen LogP contribution in [-0.2, 0) is 6.42 Å². The van der Waals surface area contributed by atoms with Gasteiger partial charge in [-0.2, -0.15) is 0 Å². The summed E-state index contributed by atoms with van der Waals surface area (Å²) in [6, 6.07) is 12.9. The molecule has 0 bridgehead atoms. The van der Waals surface area contributed by atoms with Gasteiger partial charge in [0.1, 0.15) is 5.75 Å². The highest BCUT2D eigenvalue weighted by Gasteiger charge is 2.17. The molecule has 5 heteroatoms. The third kappa shape index (κ3) is 3.00. The van der Waals surface area contributed by atoms with Gasteiger partial charge in [0, 0.05) is 27.0 Å². The third-order valence-corrected chi connectivity index (χ3v) is 6.07. The molecule has 0 fully saturated rings. The van der Waals surface area contributed by atoms with E-state index in [9.17, 15) is 0 Å². The van der Waals surface area contributed by atoms with Crippen molar-refractivity contribution in [3.63, 3.8) is 0 Å². The molecule has 4 rings (SSSR count). The average Bonchev–Trinajstić information content (AvgIpc) is 3.15. The Morgan fingerprint density at radius 1 is 1.19 bits per heavy atom. The van der Waals surface area contributed by atoms with Crippen molar-refractivity contribution in [3.8, 4) is 16.9 Å². The highest BCUT2D eigenvalue weighted by molar-refractivity contribution is 9.10. The molecule has 0 saturated carbocycles. The predicted molar refractivity (Wildman–Crippen MR) is 114 cm³/mol. The van der Waals surface area contributed by atoms with Gasteiger partial charge >= 0.3 is 0 Å². The molecule has 2 aromatic heterocycles. The van der Waals surface area contributed by atoms with E-state index in [2.05, 4.69) is 57.0 Å². The van der Waals surface area contributed by atoms with Crippen LogP contribution in [0.2, 0.25) is 0 Å². The highest BCUT2D eigenvalue weighted by Crippen LogP contribution is 2.43. The van der Waals surface area contributed by atoms with Crippen LogP contribution in [0.1, 0.15) is 5.56 Å². The SMILES string of the molecule is CNCCc1ccc(-c2c(OC)cc(Br)c3ncc4sccc4c23)cc1. The van der Waals surface area contributed by atoms with Gasteiger partial charge in [0.2, 0.25) is 0 Å². The lowest BCUT2D eigenvalue weighted by molar-refractivity contribution is 0.417. The molecule has 0 atom stereocenters. The summed E-state index contributed by atoms with van der Waals surface area (Å²) < 4.78 is 7.88. The number of thiophene rings is 1. The molecule has 0 spiro atoms. The lowest BCUT2D eigenvalue weighted by Crippen LogP contribution is -2.10. The molecule has 26 heavy (non-hydrogen) atoms. The van der Waals surface area contributed by atoms with Crippen molar-refractivity contribution in [1.29, 1.82) is 0 Å². The Morgan fingerprint density at radius 2 is 2.00 bits per heavy atom. The topological polar surface area (TPSA) is 34.1 Å². The van der Waals surface area contributed by atoms with Crippen LogP contribution in [0.3, 0.4) is 0 Å². The van der Waals surface area contributed by atoms with Crippen molar-refractivity contribution in [2.24, 2.45) is 0 Å². The fourth-order valence-corrected chi connectivity index (χ4v) is 4.58. The molecule has 0 amide bonds. The first-order valence-electron chi connectivity index (χ1n) is 8.49. The van der Waals surface area contributed by atoms with Crippen LogP contribution in [0, 0.1) is 0 Å². The van der Waals surface area contributed by atoms with Gasteiger partial charge in [0.25, 0.3) is 0 Å². The van der Waals surface area contributed by atoms with Crippen molar-refractivity contribution < 1.29 is 4.74 Å². The van der Waals surface area contributed by atoms with Crippen LogP contribution in [-0.4, -0.2) is 25.7 Å². The number of hydrogen-bond acceptors (Lipinski definition) is 4. The molecule has 0 aliphatic carbocycles. The number of halogens is 1. The minimum Gasteiger partial charge on any atom is -0.496 e. The second kappa shape index (κ2) is 7.35. The molecule has 0 unspecified atom stereocenters. The first-order chi connectivity index (χ1) is 12.7. The summed E-state index contributed by atoms with van der Waals surface area (Å²) in [6.07, 6.45) is 2.97. The summed E-state index contributed by atoms with van der Waals surface area (Å²) in [4.78, 5) is 4.70. The van der Waals surface area contributed by atoms with Gasteiger partial charge in [-0.15, -0.1) is 11.3 Å². The van der Waals surface area contributed by atoms with Gasteiger partial charge in [-0.1, -0.05) is 24.3 Å². The lowest BCUT2D eigenvalue weighted by atomic mass is 9.96. The Balaban J connectivity index is 1.98. The molecular formula is C21H19BrN2OS. The second-order valence-corrected chi connectivity index (χ2v) is 7.97. The third-order valence-electron chi connectivity index (χ3n) is 4.62. The fourth-order valence-electron chi connectivity index (χ4n) is 3.31. The van der Waals surface area contributed by atoms with Gasteiger partial charge < -0.3 is 10.1 Å². The van der Waals surface area contributed by atoms with Crippen molar-refractivity contribution in [3.05, 3.63) is 58.0 Å². The number of fused-ring (bicyclic) bond motifs is 3. The zero-order chi connectivity index (χ0) is 18.1. The van der Waals surface area contributed by atoms with E-state index in [0.717, 1.165) is 45.2 Å². The predicted octanol–water partition coefficient (Wildman–Crippen LogP) is 5.65. The largest absolute Gasteiger partial charge is 0.496 e. The summed E-state index contributed by atoms with van der Waals surface area (Å²) in [6.45, 7) is 0.976. The van der Waals surface area contributed by atoms with E-state index in [-0.39, 0.29) is 0 Å². The van der Waals surface area contributed by atoms with Gasteiger partial charge in [-0.05, 0) is 64.6 Å². The van der Waals surface area contributed by atoms with Crippen molar-refractivity contribution in [2.75, 3.05) is 20.7 Å². The summed E-state index contributed by atoms with van der Waals surface area (Å²) in [5, 5.41) is 7.66. The average molecular weight is 427 g/mol. The number of hydrogen-bond donors (Lipinski definition) is 1. The van der Waals surface area contributed by atoms with E-state index in [4.69, 9.17) is 9.72 Å². The number of nitrogens with one attached hydrogen (secondary N) is 1. The first kappa shape index (κ1) is 17.5. The van der Waals surface area contributed by atoms with E-state index in [0.29, 0.717) is 0 Å². The molecule has 0 saturated heterocycles. The fraction of sp³-hybridized carbons (Fsp3) is 0.190. The maximum absolute atomic E-state index is 5.74. The molecular weight excluding hydrogens is 408 g/mol. The summed E-state index contributed by atoms with van der Waals surface area (Å²) in [5.41, 5.74) is 4.53. The van der Waals surface area contributed by atoms with E-state index < -0.39 is 0 Å². The number of nitrogens with zero attached hydrogens (tertiary/aromatic N) is 1. The molecule has 0 aliphatic heterocycles. The number of rotatable bonds is 5. The van der Waals surface area contributed by atoms with Crippen LogP contribution in [0.15, 0.2) is 52.4 Å². The quantitative estimate of drug-likeness (QED) is 0.447. The number of methoxy groups -OCH3 is 1. The Bertz CT molecular complexity index is 1070. The van der Waals surface area contributed by atoms with Crippen LogP contribution in [0.5, 0.6) is 5.75 Å². The normalized spacial score (nSPS) is 11.3. The van der Waals surface area contributed by atoms with E-state index in [1.54, 1.807) is 18.4 Å². The highest BCUT2D eigenvalue weighted by atomic mass is 79.9. The van der Waals surface area contributed by atoms with Crippen LogP contribution in [0.25, 0.3) is 32.1 Å². The number of pyridine rings is 1. The molecule has 4 aromatic rings. The molecule has 2 heterocycles. The van der Waals surface area contributed by atoms with E-state index in [1.807, 2.05) is 19.3 Å². The summed E-state index contributed by atoms with van der Waals surface area (Å²) >= 11 is 5.37. The second-order valence-electron chi connectivity index (χ2n) is 6.17. The van der Waals surface area contributed by atoms with Gasteiger partial charge in [0.15, 0.2) is 0 Å². The maximum atomic E-state index is 5.74. The zero-order valence-electron chi connectivity index (χ0n) is 14.7. The number of aromatic nitrogens is 1. The Labute approximate surface area is 165 Å². The van der Waals surface area contributed by atoms with Gasteiger partial charge in [0.05, 0.1) is 17.3 Å². The standard InChI is InChI=1S/C21H19BrN2OS/c1-23-9-7-13-3-5-14(6-4-13)19-17(25-2)11-16(22)21-20(19)15-8-10-26-18(15)12-24-21/h3-6,8,10-12,23H,7,9H2,1-2H3. The maximum Gasteiger partial charge on any atom is 0.128 e. The van der Waals surface area contributed by atoms with Crippen molar-refractivity contribution in [2.45, 2.75) is 6.42 Å². The van der Waals surface area contributed by atoms with Crippen LogP contribution in [0.4, 0.5) is 0 Å². The number of likely N-dealkylation sites (N-methyl/N-ethyl adjacent to an activating group) is 1. The van der Waals surface area contributed by atoms with Crippen molar-refractivity contribution >= 4 is 48.3 Å². The van der Waals surface area contributed by atoms with Gasteiger partial charge in [-0.25, -0.2) is 0 Å². The van der Waals surface area contributed by atoms with Crippen LogP contribution >= 0.6 is 27.3 Å². The van der Waals surface area contributed by atoms with Crippen LogP contribution < -0.4 is 10.1 Å². The Kier molecular flexibility index (Phi) is 4.94. The lowest BCUT2D eigenvalue weighted by Gasteiger charge is -2.15. The Morgan fingerprint density at radius 3 is 2.73 bits per heavy atom. The Hall–Kier alpha value is -1.95. The summed E-state index contributed by atoms with van der Waals surface area (Å²) in [7, 11) is 3.70. The minimum absolute atomic E-state index is 0.854. The van der Waals surface area contributed by atoms with E-state index >= 15 is 0 Å². The monoisotopic (exact) mass is 426 g/mol. The molecule has 0 radical (unpaired) electrons. The molecule has 2 aromatic carbocycles. The minimum atomic E-state index is 0.854. The zero-order valence-corrected chi connectivity index (χ0v) is 17.1. The van der Waals surface area contributed by atoms with E-state index in [1.165, 1.54) is 15.6 Å².